The van der Waals surface area contributed by atoms with Gasteiger partial charge in [0.1, 0.15) is 11.4 Å². The van der Waals surface area contributed by atoms with E-state index in [1.807, 2.05) is 6.92 Å². The largest absolute Gasteiger partial charge is 0.508 e. The van der Waals surface area contributed by atoms with Gasteiger partial charge in [0.05, 0.1) is 11.0 Å². The van der Waals surface area contributed by atoms with Crippen LogP contribution in [0.4, 0.5) is 11.4 Å². The number of nitrogens with one attached hydrogen (secondary N) is 1. The molecule has 0 bridgehead atoms. The number of aromatic hydroxyl groups is 1. The fourth-order valence-electron chi connectivity index (χ4n) is 1.57. The zero-order valence-electron chi connectivity index (χ0n) is 10.6. The highest BCUT2D eigenvalue weighted by Gasteiger charge is 2.16. The molecule has 0 aliphatic rings. The van der Waals surface area contributed by atoms with Gasteiger partial charge in [0, 0.05) is 12.5 Å². The monoisotopic (exact) mass is 267 g/mol. The Hall–Kier alpha value is -2.15. The number of carbonyl (C=O) groups excluding carboxylic acids is 1. The molecule has 1 aromatic rings. The number of hydrogen-bond donors (Lipinski definition) is 3. The molecule has 1 amide bonds. The van der Waals surface area contributed by atoms with Crippen LogP contribution >= 0.6 is 0 Å². The predicted octanol–water partition coefficient (Wildman–Crippen LogP) is 1.76. The van der Waals surface area contributed by atoms with E-state index in [-0.39, 0.29) is 35.5 Å². The van der Waals surface area contributed by atoms with Crippen molar-refractivity contribution < 1.29 is 14.8 Å². The van der Waals surface area contributed by atoms with Gasteiger partial charge >= 0.3 is 0 Å². The summed E-state index contributed by atoms with van der Waals surface area (Å²) in [7, 11) is 0. The summed E-state index contributed by atoms with van der Waals surface area (Å²) in [5.74, 6) is -0.531. The van der Waals surface area contributed by atoms with E-state index < -0.39 is 4.92 Å². The van der Waals surface area contributed by atoms with Crippen molar-refractivity contribution in [2.75, 3.05) is 5.32 Å². The van der Waals surface area contributed by atoms with Crippen molar-refractivity contribution in [1.82, 2.24) is 0 Å². The first-order chi connectivity index (χ1) is 8.90. The second-order valence-corrected chi connectivity index (χ2v) is 4.38. The van der Waals surface area contributed by atoms with Crippen LogP contribution in [0.2, 0.25) is 0 Å². The molecule has 1 aromatic carbocycles. The number of nitro groups is 1. The first kappa shape index (κ1) is 14.9. The van der Waals surface area contributed by atoms with Crippen LogP contribution in [0.5, 0.6) is 5.75 Å². The van der Waals surface area contributed by atoms with Crippen LogP contribution in [0.15, 0.2) is 18.2 Å². The summed E-state index contributed by atoms with van der Waals surface area (Å²) in [4.78, 5) is 21.7. The van der Waals surface area contributed by atoms with Crippen LogP contribution in [-0.4, -0.2) is 22.0 Å². The topological polar surface area (TPSA) is 118 Å². The summed E-state index contributed by atoms with van der Waals surface area (Å²) < 4.78 is 0. The minimum atomic E-state index is -0.655. The second-order valence-electron chi connectivity index (χ2n) is 4.38. The fourth-order valence-corrected chi connectivity index (χ4v) is 1.57. The summed E-state index contributed by atoms with van der Waals surface area (Å²) >= 11 is 0. The number of phenolic OH excluding ortho intramolecular Hbond substituents is 1. The number of anilines is 1. The number of nitro benzene ring substituents is 1. The number of hydrogen-bond acceptors (Lipinski definition) is 5. The molecule has 0 aliphatic carbocycles. The van der Waals surface area contributed by atoms with Gasteiger partial charge in [-0.1, -0.05) is 0 Å². The molecule has 1 atom stereocenters. The standard InChI is InChI=1S/C12H17N3O4/c1-8(13)3-2-4-12(17)14-10-6-5-9(16)7-11(10)15(18)19/h5-8,16H,2-4,13H2,1H3,(H,14,17). The van der Waals surface area contributed by atoms with E-state index in [1.54, 1.807) is 0 Å². The molecular formula is C12H17N3O4. The van der Waals surface area contributed by atoms with E-state index in [4.69, 9.17) is 5.73 Å². The highest BCUT2D eigenvalue weighted by molar-refractivity contribution is 5.93. The second kappa shape index (κ2) is 6.69. The molecule has 1 rings (SSSR count). The summed E-state index contributed by atoms with van der Waals surface area (Å²) in [5, 5.41) is 22.4. The molecule has 0 aromatic heterocycles. The number of amides is 1. The Bertz CT molecular complexity index is 474. The van der Waals surface area contributed by atoms with Crippen LogP contribution in [0.25, 0.3) is 0 Å². The summed E-state index contributed by atoms with van der Waals surface area (Å²) in [6, 6.07) is 3.61. The van der Waals surface area contributed by atoms with Crippen molar-refractivity contribution in [3.63, 3.8) is 0 Å². The number of carbonyl (C=O) groups is 1. The van der Waals surface area contributed by atoms with Gasteiger partial charge in [0.2, 0.25) is 5.91 Å². The minimum Gasteiger partial charge on any atom is -0.508 e. The average molecular weight is 267 g/mol. The first-order valence-electron chi connectivity index (χ1n) is 5.93. The van der Waals surface area contributed by atoms with Crippen molar-refractivity contribution in [1.29, 1.82) is 0 Å². The van der Waals surface area contributed by atoms with Gasteiger partial charge in [-0.25, -0.2) is 0 Å². The van der Waals surface area contributed by atoms with E-state index in [2.05, 4.69) is 5.32 Å². The molecule has 4 N–H and O–H groups in total. The third kappa shape index (κ3) is 4.92. The Morgan fingerprint density at radius 3 is 2.84 bits per heavy atom. The van der Waals surface area contributed by atoms with E-state index in [0.717, 1.165) is 6.07 Å². The zero-order chi connectivity index (χ0) is 14.4. The van der Waals surface area contributed by atoms with Crippen molar-refractivity contribution >= 4 is 17.3 Å². The molecule has 0 radical (unpaired) electrons. The van der Waals surface area contributed by atoms with Crippen molar-refractivity contribution in [3.05, 3.63) is 28.3 Å². The van der Waals surface area contributed by atoms with Gasteiger partial charge in [0.15, 0.2) is 0 Å². The van der Waals surface area contributed by atoms with E-state index in [0.29, 0.717) is 12.8 Å². The van der Waals surface area contributed by atoms with Crippen LogP contribution in [0, 0.1) is 10.1 Å². The number of nitrogens with two attached hydrogens (primary N) is 1. The molecule has 0 saturated carbocycles. The fraction of sp³-hybridized carbons (Fsp3) is 0.417. The van der Waals surface area contributed by atoms with E-state index in [9.17, 15) is 20.0 Å². The van der Waals surface area contributed by atoms with E-state index >= 15 is 0 Å². The molecular weight excluding hydrogens is 250 g/mol. The van der Waals surface area contributed by atoms with Crippen LogP contribution in [0.3, 0.4) is 0 Å². The molecule has 0 heterocycles. The lowest BCUT2D eigenvalue weighted by molar-refractivity contribution is -0.384. The van der Waals surface area contributed by atoms with Crippen LogP contribution in [0.1, 0.15) is 26.2 Å². The number of benzene rings is 1. The smallest absolute Gasteiger partial charge is 0.296 e. The van der Waals surface area contributed by atoms with E-state index in [1.165, 1.54) is 12.1 Å². The maximum atomic E-state index is 11.6. The minimum absolute atomic E-state index is 0.0239. The third-order valence-corrected chi connectivity index (χ3v) is 2.52. The normalized spacial score (nSPS) is 11.9. The van der Waals surface area contributed by atoms with Gasteiger partial charge in [-0.05, 0) is 31.9 Å². The lowest BCUT2D eigenvalue weighted by atomic mass is 10.1. The molecule has 1 unspecified atom stereocenters. The number of nitrogens with zero attached hydrogens (tertiary/aromatic N) is 1. The molecule has 0 spiro atoms. The molecule has 0 aliphatic heterocycles. The maximum absolute atomic E-state index is 11.6. The molecule has 104 valence electrons. The van der Waals surface area contributed by atoms with Gasteiger partial charge in [-0.15, -0.1) is 0 Å². The Kier molecular flexibility index (Phi) is 5.25. The third-order valence-electron chi connectivity index (χ3n) is 2.52. The van der Waals surface area contributed by atoms with Crippen molar-refractivity contribution in [3.8, 4) is 5.75 Å². The van der Waals surface area contributed by atoms with Gasteiger partial charge in [0.25, 0.3) is 5.69 Å². The van der Waals surface area contributed by atoms with Gasteiger partial charge in [-0.3, -0.25) is 14.9 Å². The Labute approximate surface area is 110 Å². The highest BCUT2D eigenvalue weighted by Crippen LogP contribution is 2.28. The zero-order valence-corrected chi connectivity index (χ0v) is 10.6. The Morgan fingerprint density at radius 1 is 1.58 bits per heavy atom. The van der Waals surface area contributed by atoms with Gasteiger partial charge < -0.3 is 16.2 Å². The van der Waals surface area contributed by atoms with Gasteiger partial charge in [-0.2, -0.15) is 0 Å². The number of phenols is 1. The lowest BCUT2D eigenvalue weighted by Crippen LogP contribution is -2.17. The predicted molar refractivity (Wildman–Crippen MR) is 70.9 cm³/mol. The first-order valence-corrected chi connectivity index (χ1v) is 5.93. The van der Waals surface area contributed by atoms with Crippen LogP contribution < -0.4 is 11.1 Å². The van der Waals surface area contributed by atoms with Crippen LogP contribution in [-0.2, 0) is 4.79 Å². The Balaban J connectivity index is 2.66. The summed E-state index contributed by atoms with van der Waals surface area (Å²) in [5.41, 5.74) is 5.31. The maximum Gasteiger partial charge on any atom is 0.296 e. The molecule has 0 fully saturated rings. The van der Waals surface area contributed by atoms with Crippen molar-refractivity contribution in [2.45, 2.75) is 32.2 Å². The van der Waals surface area contributed by atoms with Crippen molar-refractivity contribution in [2.24, 2.45) is 5.73 Å². The average Bonchev–Trinajstić information content (AvgIpc) is 2.30. The molecule has 7 heteroatoms. The molecule has 19 heavy (non-hydrogen) atoms. The molecule has 0 saturated heterocycles. The lowest BCUT2D eigenvalue weighted by Gasteiger charge is -2.07. The summed E-state index contributed by atoms with van der Waals surface area (Å²) in [6.07, 6.45) is 1.58. The highest BCUT2D eigenvalue weighted by atomic mass is 16.6. The quantitative estimate of drug-likeness (QED) is 0.412. The number of rotatable bonds is 6. The Morgan fingerprint density at radius 2 is 2.26 bits per heavy atom. The molecule has 7 nitrogen and oxygen atoms in total. The summed E-state index contributed by atoms with van der Waals surface area (Å²) in [6.45, 7) is 1.85. The SMILES string of the molecule is CC(N)CCCC(=O)Nc1ccc(O)cc1[N+](=O)[O-].